The third-order valence-corrected chi connectivity index (χ3v) is 3.52. The molecule has 1 aromatic carbocycles. The zero-order valence-electron chi connectivity index (χ0n) is 12.4. The second kappa shape index (κ2) is 7.03. The van der Waals surface area contributed by atoms with Crippen LogP contribution >= 0.6 is 11.8 Å². The Hall–Kier alpha value is -2.42. The second-order valence-electron chi connectivity index (χ2n) is 4.20. The fraction of sp³-hybridized carbons (Fsp3) is 0.308. The molecule has 0 unspecified atom stereocenters. The summed E-state index contributed by atoms with van der Waals surface area (Å²) in [6, 6.07) is 4.66. The van der Waals surface area contributed by atoms with E-state index in [-0.39, 0.29) is 11.4 Å². The van der Waals surface area contributed by atoms with Gasteiger partial charge in [-0.25, -0.2) is 0 Å². The Morgan fingerprint density at radius 3 is 2.86 bits per heavy atom. The molecule has 0 saturated carbocycles. The summed E-state index contributed by atoms with van der Waals surface area (Å²) in [5, 5.41) is 24.1. The lowest BCUT2D eigenvalue weighted by molar-refractivity contribution is -0.385. The molecule has 0 bridgehead atoms. The molecule has 0 amide bonds. The fourth-order valence-corrected chi connectivity index (χ4v) is 2.26. The summed E-state index contributed by atoms with van der Waals surface area (Å²) in [5.41, 5.74) is 0.492. The van der Waals surface area contributed by atoms with Crippen molar-refractivity contribution in [3.63, 3.8) is 0 Å². The first kappa shape index (κ1) is 16.0. The zero-order chi connectivity index (χ0) is 16.1. The average molecular weight is 321 g/mol. The normalized spacial score (nSPS) is 11.0. The molecule has 9 heteroatoms. The largest absolute Gasteiger partial charge is 0.490 e. The zero-order valence-corrected chi connectivity index (χ0v) is 13.2. The minimum atomic E-state index is -0.486. The number of hydrogen-bond donors (Lipinski definition) is 0. The quantitative estimate of drug-likeness (QED) is 0.351. The second-order valence-corrected chi connectivity index (χ2v) is 4.97. The molecule has 22 heavy (non-hydrogen) atoms. The molecule has 0 saturated heterocycles. The molecule has 0 aliphatic carbocycles. The van der Waals surface area contributed by atoms with E-state index in [4.69, 9.17) is 4.74 Å². The third kappa shape index (κ3) is 3.25. The predicted molar refractivity (Wildman–Crippen MR) is 83.8 cm³/mol. The molecule has 0 fully saturated rings. The van der Waals surface area contributed by atoms with Crippen LogP contribution in [0.5, 0.6) is 5.75 Å². The number of aryl methyl sites for hydroxylation is 1. The van der Waals surface area contributed by atoms with E-state index in [1.807, 2.05) is 13.2 Å². The van der Waals surface area contributed by atoms with E-state index in [9.17, 15) is 10.1 Å². The average Bonchev–Trinajstić information content (AvgIpc) is 2.94. The van der Waals surface area contributed by atoms with Crippen molar-refractivity contribution in [1.82, 2.24) is 14.9 Å². The van der Waals surface area contributed by atoms with Gasteiger partial charge in [0.25, 0.3) is 0 Å². The standard InChI is InChI=1S/C13H15N5O3S/c1-4-12-15-16-13(22-3)17(12)14-8-9-5-6-11(21-2)10(7-9)18(19)20/h5-8H,4H2,1-3H3/b14-8-. The minimum absolute atomic E-state index is 0.101. The molecule has 0 radical (unpaired) electrons. The molecule has 1 aromatic heterocycles. The molecule has 0 aliphatic rings. The van der Waals surface area contributed by atoms with Gasteiger partial charge in [-0.1, -0.05) is 18.7 Å². The van der Waals surface area contributed by atoms with Crippen LogP contribution in [0, 0.1) is 10.1 Å². The van der Waals surface area contributed by atoms with Crippen molar-refractivity contribution in [1.29, 1.82) is 0 Å². The highest BCUT2D eigenvalue weighted by Gasteiger charge is 2.14. The predicted octanol–water partition coefficient (Wildman–Crippen LogP) is 2.36. The number of nitro groups is 1. The summed E-state index contributed by atoms with van der Waals surface area (Å²) in [7, 11) is 1.39. The molecule has 116 valence electrons. The molecule has 0 aliphatic heterocycles. The number of hydrogen-bond acceptors (Lipinski definition) is 7. The van der Waals surface area contributed by atoms with E-state index >= 15 is 0 Å². The monoisotopic (exact) mass is 321 g/mol. The number of nitrogens with zero attached hydrogens (tertiary/aromatic N) is 5. The summed E-state index contributed by atoms with van der Waals surface area (Å²) >= 11 is 1.43. The van der Waals surface area contributed by atoms with Crippen molar-refractivity contribution in [2.75, 3.05) is 13.4 Å². The number of nitro benzene ring substituents is 1. The Labute approximate surface area is 131 Å². The lowest BCUT2D eigenvalue weighted by atomic mass is 10.2. The molecule has 1 heterocycles. The van der Waals surface area contributed by atoms with E-state index in [2.05, 4.69) is 15.3 Å². The molecule has 2 rings (SSSR count). The van der Waals surface area contributed by atoms with Crippen LogP contribution in [0.1, 0.15) is 18.3 Å². The highest BCUT2D eigenvalue weighted by atomic mass is 32.2. The van der Waals surface area contributed by atoms with Gasteiger partial charge in [0.1, 0.15) is 0 Å². The van der Waals surface area contributed by atoms with Crippen molar-refractivity contribution >= 4 is 23.7 Å². The maximum absolute atomic E-state index is 11.0. The van der Waals surface area contributed by atoms with E-state index in [0.717, 1.165) is 5.82 Å². The van der Waals surface area contributed by atoms with Crippen molar-refractivity contribution in [3.8, 4) is 5.75 Å². The summed E-state index contributed by atoms with van der Waals surface area (Å²) < 4.78 is 6.60. The van der Waals surface area contributed by atoms with E-state index in [1.165, 1.54) is 31.2 Å². The minimum Gasteiger partial charge on any atom is -0.490 e. The van der Waals surface area contributed by atoms with Gasteiger partial charge < -0.3 is 4.74 Å². The molecule has 8 nitrogen and oxygen atoms in total. The maximum atomic E-state index is 11.0. The van der Waals surface area contributed by atoms with Crippen LogP contribution in [0.2, 0.25) is 0 Å². The number of rotatable bonds is 6. The highest BCUT2D eigenvalue weighted by Crippen LogP contribution is 2.27. The van der Waals surface area contributed by atoms with Gasteiger partial charge in [0.05, 0.1) is 18.2 Å². The van der Waals surface area contributed by atoms with Crippen molar-refractivity contribution in [3.05, 3.63) is 39.7 Å². The van der Waals surface area contributed by atoms with Gasteiger partial charge in [0.15, 0.2) is 11.6 Å². The van der Waals surface area contributed by atoms with Gasteiger partial charge in [-0.3, -0.25) is 10.1 Å². The lowest BCUT2D eigenvalue weighted by Crippen LogP contribution is -1.99. The summed E-state index contributed by atoms with van der Waals surface area (Å²) in [6.45, 7) is 1.96. The van der Waals surface area contributed by atoms with Crippen LogP contribution in [0.15, 0.2) is 28.5 Å². The van der Waals surface area contributed by atoms with Crippen molar-refractivity contribution < 1.29 is 9.66 Å². The highest BCUT2D eigenvalue weighted by molar-refractivity contribution is 7.98. The maximum Gasteiger partial charge on any atom is 0.311 e. The first-order valence-electron chi connectivity index (χ1n) is 6.45. The number of ether oxygens (including phenoxy) is 1. The van der Waals surface area contributed by atoms with Gasteiger partial charge in [-0.15, -0.1) is 10.2 Å². The first-order chi connectivity index (χ1) is 10.6. The van der Waals surface area contributed by atoms with Gasteiger partial charge in [0.2, 0.25) is 5.16 Å². The molecular formula is C13H15N5O3S. The number of thioether (sulfide) groups is 1. The van der Waals surface area contributed by atoms with E-state index in [1.54, 1.807) is 16.8 Å². The summed E-state index contributed by atoms with van der Waals surface area (Å²) in [5.74, 6) is 0.939. The summed E-state index contributed by atoms with van der Waals surface area (Å²) in [4.78, 5) is 10.5. The molecule has 2 aromatic rings. The van der Waals surface area contributed by atoms with Crippen LogP contribution in [-0.4, -0.2) is 39.4 Å². The topological polar surface area (TPSA) is 95.4 Å². The van der Waals surface area contributed by atoms with Gasteiger partial charge in [-0.2, -0.15) is 9.78 Å². The molecule has 0 N–H and O–H groups in total. The molecule has 0 spiro atoms. The number of aromatic nitrogens is 3. The SMILES string of the molecule is CCc1nnc(SC)n1/N=C\c1ccc(OC)c([N+](=O)[O-])c1. The Morgan fingerprint density at radius 1 is 1.50 bits per heavy atom. The van der Waals surface area contributed by atoms with Gasteiger partial charge in [0, 0.05) is 18.1 Å². The van der Waals surface area contributed by atoms with Crippen molar-refractivity contribution in [2.24, 2.45) is 5.10 Å². The van der Waals surface area contributed by atoms with Gasteiger partial charge >= 0.3 is 5.69 Å². The third-order valence-electron chi connectivity index (χ3n) is 2.90. The molecule has 0 atom stereocenters. The van der Waals surface area contributed by atoms with Crippen molar-refractivity contribution in [2.45, 2.75) is 18.5 Å². The van der Waals surface area contributed by atoms with E-state index < -0.39 is 4.92 Å². The van der Waals surface area contributed by atoms with Crippen LogP contribution < -0.4 is 4.74 Å². The van der Waals surface area contributed by atoms with Crippen LogP contribution in [0.25, 0.3) is 0 Å². The first-order valence-corrected chi connectivity index (χ1v) is 7.68. The number of benzene rings is 1. The smallest absolute Gasteiger partial charge is 0.311 e. The van der Waals surface area contributed by atoms with Crippen LogP contribution in [0.3, 0.4) is 0 Å². The fourth-order valence-electron chi connectivity index (χ4n) is 1.81. The Balaban J connectivity index is 2.36. The Morgan fingerprint density at radius 2 is 2.27 bits per heavy atom. The Kier molecular flexibility index (Phi) is 5.10. The van der Waals surface area contributed by atoms with Gasteiger partial charge in [-0.05, 0) is 18.4 Å². The Bertz CT molecular complexity index is 692. The van der Waals surface area contributed by atoms with Crippen LogP contribution in [-0.2, 0) is 6.42 Å². The number of methoxy groups -OCH3 is 1. The van der Waals surface area contributed by atoms with E-state index in [0.29, 0.717) is 17.1 Å². The summed E-state index contributed by atoms with van der Waals surface area (Å²) in [6.07, 6.45) is 4.11. The lowest BCUT2D eigenvalue weighted by Gasteiger charge is -2.03. The van der Waals surface area contributed by atoms with Crippen LogP contribution in [0.4, 0.5) is 5.69 Å². The molecular weight excluding hydrogens is 306 g/mol.